The molecule has 0 saturated carbocycles. The highest BCUT2D eigenvalue weighted by Gasteiger charge is 2.27. The molecule has 0 aliphatic carbocycles. The van der Waals surface area contributed by atoms with Crippen molar-refractivity contribution in [1.82, 2.24) is 14.8 Å². The van der Waals surface area contributed by atoms with Gasteiger partial charge in [-0.2, -0.15) is 0 Å². The summed E-state index contributed by atoms with van der Waals surface area (Å²) in [4.78, 5) is 20.3. The number of aromatic nitrogens is 1. The van der Waals surface area contributed by atoms with E-state index in [0.717, 1.165) is 42.6 Å². The van der Waals surface area contributed by atoms with E-state index < -0.39 is 0 Å². The summed E-state index contributed by atoms with van der Waals surface area (Å²) in [6.07, 6.45) is 1.84. The van der Waals surface area contributed by atoms with Crippen LogP contribution in [0.3, 0.4) is 0 Å². The minimum atomic E-state index is 0.144. The summed E-state index contributed by atoms with van der Waals surface area (Å²) in [6, 6.07) is 8.40. The molecule has 1 aromatic carbocycles. The van der Waals surface area contributed by atoms with Crippen LogP contribution in [0.15, 0.2) is 30.5 Å². The highest BCUT2D eigenvalue weighted by molar-refractivity contribution is 6.06. The number of carbonyl (C=O) groups is 1. The molecule has 1 saturated heterocycles. The van der Waals surface area contributed by atoms with Gasteiger partial charge in [0.15, 0.2) is 0 Å². The summed E-state index contributed by atoms with van der Waals surface area (Å²) >= 11 is 0. The molecule has 0 spiro atoms. The van der Waals surface area contributed by atoms with E-state index in [1.165, 1.54) is 0 Å². The van der Waals surface area contributed by atoms with E-state index in [0.29, 0.717) is 6.04 Å². The van der Waals surface area contributed by atoms with Crippen LogP contribution in [0.2, 0.25) is 0 Å². The van der Waals surface area contributed by atoms with E-state index in [-0.39, 0.29) is 5.91 Å². The summed E-state index contributed by atoms with van der Waals surface area (Å²) in [6.45, 7) is 8.01. The van der Waals surface area contributed by atoms with Gasteiger partial charge in [-0.25, -0.2) is 0 Å². The molecule has 0 bridgehead atoms. The Morgan fingerprint density at radius 2 is 2.15 bits per heavy atom. The molecule has 3 rings (SSSR count). The van der Waals surface area contributed by atoms with Gasteiger partial charge in [-0.05, 0) is 19.5 Å². The zero-order valence-electron chi connectivity index (χ0n) is 12.1. The average Bonchev–Trinajstić information content (AvgIpc) is 2.90. The second kappa shape index (κ2) is 5.29. The first-order valence-corrected chi connectivity index (χ1v) is 7.30. The predicted octanol–water partition coefficient (Wildman–Crippen LogP) is 2.33. The van der Waals surface area contributed by atoms with Crippen molar-refractivity contribution in [3.63, 3.8) is 0 Å². The molecule has 4 nitrogen and oxygen atoms in total. The van der Waals surface area contributed by atoms with Crippen molar-refractivity contribution < 1.29 is 4.79 Å². The molecule has 1 aliphatic heterocycles. The first-order valence-electron chi connectivity index (χ1n) is 7.30. The molecule has 20 heavy (non-hydrogen) atoms. The first-order chi connectivity index (χ1) is 9.70. The lowest BCUT2D eigenvalue weighted by Gasteiger charge is -2.39. The lowest BCUT2D eigenvalue weighted by Crippen LogP contribution is -2.53. The topological polar surface area (TPSA) is 39.3 Å². The fourth-order valence-corrected chi connectivity index (χ4v) is 3.07. The number of amides is 1. The Bertz CT molecular complexity index is 619. The monoisotopic (exact) mass is 271 g/mol. The molecular weight excluding hydrogens is 250 g/mol. The third-order valence-corrected chi connectivity index (χ3v) is 4.28. The summed E-state index contributed by atoms with van der Waals surface area (Å²) in [5, 5.41) is 1.02. The van der Waals surface area contributed by atoms with Crippen molar-refractivity contribution in [2.75, 3.05) is 26.2 Å². The van der Waals surface area contributed by atoms with Gasteiger partial charge < -0.3 is 9.88 Å². The highest BCUT2D eigenvalue weighted by atomic mass is 16.2. The normalized spacial score (nSPS) is 20.5. The lowest BCUT2D eigenvalue weighted by molar-refractivity contribution is 0.0530. The number of nitrogens with zero attached hydrogens (tertiary/aromatic N) is 2. The zero-order valence-corrected chi connectivity index (χ0v) is 12.1. The van der Waals surface area contributed by atoms with Crippen molar-refractivity contribution in [3.05, 3.63) is 36.0 Å². The maximum absolute atomic E-state index is 12.7. The van der Waals surface area contributed by atoms with Crippen LogP contribution in [-0.4, -0.2) is 52.9 Å². The second-order valence-corrected chi connectivity index (χ2v) is 5.48. The van der Waals surface area contributed by atoms with E-state index in [4.69, 9.17) is 0 Å². The van der Waals surface area contributed by atoms with Crippen LogP contribution in [0.5, 0.6) is 0 Å². The van der Waals surface area contributed by atoms with Gasteiger partial charge in [-0.15, -0.1) is 0 Å². The van der Waals surface area contributed by atoms with Crippen molar-refractivity contribution in [2.45, 2.75) is 19.9 Å². The van der Waals surface area contributed by atoms with Crippen molar-refractivity contribution in [2.24, 2.45) is 0 Å². The Morgan fingerprint density at radius 3 is 2.90 bits per heavy atom. The van der Waals surface area contributed by atoms with Crippen LogP contribution in [0.4, 0.5) is 0 Å². The van der Waals surface area contributed by atoms with E-state index in [1.54, 1.807) is 0 Å². The molecular formula is C16H21N3O. The summed E-state index contributed by atoms with van der Waals surface area (Å²) in [7, 11) is 0. The summed E-state index contributed by atoms with van der Waals surface area (Å²) in [5.74, 6) is 0.144. The molecule has 4 heteroatoms. The summed E-state index contributed by atoms with van der Waals surface area (Å²) < 4.78 is 0. The summed E-state index contributed by atoms with van der Waals surface area (Å²) in [5.41, 5.74) is 1.81. The van der Waals surface area contributed by atoms with Gasteiger partial charge in [0.05, 0.1) is 5.56 Å². The largest absolute Gasteiger partial charge is 0.360 e. The van der Waals surface area contributed by atoms with Gasteiger partial charge in [0.1, 0.15) is 0 Å². The number of nitrogens with one attached hydrogen (secondary N) is 1. The van der Waals surface area contributed by atoms with E-state index in [2.05, 4.69) is 23.7 Å². The molecule has 0 radical (unpaired) electrons. The SMILES string of the molecule is CCN1CCN(C(=O)c2c[nH]c3ccccc23)CC1C. The number of likely N-dealkylation sites (N-methyl/N-ethyl adjacent to an activating group) is 1. The maximum atomic E-state index is 12.7. The minimum Gasteiger partial charge on any atom is -0.360 e. The van der Waals surface area contributed by atoms with Crippen molar-refractivity contribution in [3.8, 4) is 0 Å². The van der Waals surface area contributed by atoms with Gasteiger partial charge in [0, 0.05) is 42.8 Å². The maximum Gasteiger partial charge on any atom is 0.256 e. The van der Waals surface area contributed by atoms with Gasteiger partial charge in [-0.3, -0.25) is 9.69 Å². The van der Waals surface area contributed by atoms with Crippen molar-refractivity contribution in [1.29, 1.82) is 0 Å². The smallest absolute Gasteiger partial charge is 0.256 e. The number of para-hydroxylation sites is 1. The predicted molar refractivity (Wildman–Crippen MR) is 80.9 cm³/mol. The molecule has 1 aromatic heterocycles. The molecule has 1 N–H and O–H groups in total. The zero-order chi connectivity index (χ0) is 14.1. The van der Waals surface area contributed by atoms with E-state index in [1.807, 2.05) is 35.4 Å². The van der Waals surface area contributed by atoms with Gasteiger partial charge in [0.25, 0.3) is 5.91 Å². The Balaban J connectivity index is 1.83. The quantitative estimate of drug-likeness (QED) is 0.910. The number of hydrogen-bond donors (Lipinski definition) is 1. The number of hydrogen-bond acceptors (Lipinski definition) is 2. The Hall–Kier alpha value is -1.81. The molecule has 2 heterocycles. The molecule has 2 aromatic rings. The van der Waals surface area contributed by atoms with Crippen LogP contribution < -0.4 is 0 Å². The Labute approximate surface area is 119 Å². The number of H-pyrrole nitrogens is 1. The Kier molecular flexibility index (Phi) is 3.49. The second-order valence-electron chi connectivity index (χ2n) is 5.48. The number of rotatable bonds is 2. The first kappa shape index (κ1) is 13.2. The minimum absolute atomic E-state index is 0.144. The standard InChI is InChI=1S/C16H21N3O/c1-3-18-8-9-19(11-12(18)2)16(20)14-10-17-15-7-5-4-6-13(14)15/h4-7,10,12,17H,3,8-9,11H2,1-2H3. The number of carbonyl (C=O) groups excluding carboxylic acids is 1. The van der Waals surface area contributed by atoms with Gasteiger partial charge in [0.2, 0.25) is 0 Å². The van der Waals surface area contributed by atoms with Gasteiger partial charge in [-0.1, -0.05) is 25.1 Å². The lowest BCUT2D eigenvalue weighted by atomic mass is 10.1. The molecule has 106 valence electrons. The molecule has 1 atom stereocenters. The average molecular weight is 271 g/mol. The van der Waals surface area contributed by atoms with Crippen LogP contribution in [0.1, 0.15) is 24.2 Å². The van der Waals surface area contributed by atoms with Crippen LogP contribution in [0, 0.1) is 0 Å². The Morgan fingerprint density at radius 1 is 1.35 bits per heavy atom. The van der Waals surface area contributed by atoms with Crippen molar-refractivity contribution >= 4 is 16.8 Å². The van der Waals surface area contributed by atoms with Gasteiger partial charge >= 0.3 is 0 Å². The molecule has 1 fully saturated rings. The fraction of sp³-hybridized carbons (Fsp3) is 0.438. The highest BCUT2D eigenvalue weighted by Crippen LogP contribution is 2.21. The third-order valence-electron chi connectivity index (χ3n) is 4.28. The third kappa shape index (κ3) is 2.20. The van der Waals surface area contributed by atoms with E-state index in [9.17, 15) is 4.79 Å². The van der Waals surface area contributed by atoms with Crippen LogP contribution in [-0.2, 0) is 0 Å². The number of benzene rings is 1. The molecule has 1 amide bonds. The number of fused-ring (bicyclic) bond motifs is 1. The number of piperazine rings is 1. The van der Waals surface area contributed by atoms with Crippen LogP contribution >= 0.6 is 0 Å². The number of aromatic amines is 1. The molecule has 1 aliphatic rings. The van der Waals surface area contributed by atoms with Crippen LogP contribution in [0.25, 0.3) is 10.9 Å². The molecule has 1 unspecified atom stereocenters. The van der Waals surface area contributed by atoms with E-state index >= 15 is 0 Å². The fourth-order valence-electron chi connectivity index (χ4n) is 3.07.